The smallest absolute Gasteiger partial charge is 0.000442 e. The van der Waals surface area contributed by atoms with Crippen molar-refractivity contribution >= 4 is 0 Å². The van der Waals surface area contributed by atoms with Crippen LogP contribution in [0.2, 0.25) is 0 Å². The summed E-state index contributed by atoms with van der Waals surface area (Å²) in [6, 6.07) is 0. The highest BCUT2D eigenvalue weighted by Crippen LogP contribution is 2.12. The average Bonchev–Trinajstić information content (AvgIpc) is 2.86. The van der Waals surface area contributed by atoms with Crippen molar-refractivity contribution in [2.75, 3.05) is 0 Å². The maximum absolute atomic E-state index is 2.92. The highest BCUT2D eigenvalue weighted by atomic mass is 14.8. The van der Waals surface area contributed by atoms with Crippen molar-refractivity contribution in [3.8, 4) is 0 Å². The van der Waals surface area contributed by atoms with Crippen LogP contribution in [0.1, 0.15) is 97.3 Å². The van der Waals surface area contributed by atoms with Gasteiger partial charge < -0.3 is 5.32 Å². The van der Waals surface area contributed by atoms with Crippen LogP contribution in [0.4, 0.5) is 0 Å². The van der Waals surface area contributed by atoms with Gasteiger partial charge in [0.15, 0.2) is 0 Å². The van der Waals surface area contributed by atoms with Crippen molar-refractivity contribution in [1.29, 1.82) is 0 Å². The molecule has 0 aromatic rings. The molecule has 1 N–H and O–H groups in total. The molecule has 0 amide bonds. The summed E-state index contributed by atoms with van der Waals surface area (Å²) in [6.45, 7) is 4.58. The van der Waals surface area contributed by atoms with Crippen LogP contribution in [0.15, 0.2) is 36.7 Å². The molecule has 128 valence electrons. The van der Waals surface area contributed by atoms with Gasteiger partial charge in [0.05, 0.1) is 0 Å². The van der Waals surface area contributed by atoms with Crippen LogP contribution in [0.3, 0.4) is 0 Å². The second kappa shape index (κ2) is 20.0. The van der Waals surface area contributed by atoms with Gasteiger partial charge in [-0.25, -0.2) is 0 Å². The lowest BCUT2D eigenvalue weighted by molar-refractivity contribution is 0.542. The van der Waals surface area contributed by atoms with Crippen LogP contribution in [0.5, 0.6) is 0 Å². The summed E-state index contributed by atoms with van der Waals surface area (Å²) in [5.74, 6) is 0. The average molecular weight is 306 g/mol. The Balaban J connectivity index is 0.000000518. The van der Waals surface area contributed by atoms with E-state index in [0.717, 1.165) is 0 Å². The topological polar surface area (TPSA) is 12.0 Å². The Kier molecular flexibility index (Phi) is 19.1. The van der Waals surface area contributed by atoms with Gasteiger partial charge in [-0.2, -0.15) is 0 Å². The first-order chi connectivity index (χ1) is 10.9. The molecule has 1 nitrogen and oxygen atoms in total. The van der Waals surface area contributed by atoms with Gasteiger partial charge in [0.2, 0.25) is 0 Å². The van der Waals surface area contributed by atoms with Gasteiger partial charge in [-0.05, 0) is 12.2 Å². The molecule has 1 heteroatoms. The molecule has 0 bridgehead atoms. The SMILES string of the molecule is C1=CC=CNC=C1.CCCCCCCCCCCCCCC. The fourth-order valence-corrected chi connectivity index (χ4v) is 2.50. The fraction of sp³-hybridized carbons (Fsp3) is 0.714. The summed E-state index contributed by atoms with van der Waals surface area (Å²) in [6.07, 6.45) is 30.5. The minimum absolute atomic E-state index is 1.37. The number of nitrogens with one attached hydrogen (secondary N) is 1. The van der Waals surface area contributed by atoms with Gasteiger partial charge >= 0.3 is 0 Å². The highest BCUT2D eigenvalue weighted by Gasteiger charge is 1.92. The van der Waals surface area contributed by atoms with Crippen molar-refractivity contribution in [2.24, 2.45) is 0 Å². The van der Waals surface area contributed by atoms with E-state index < -0.39 is 0 Å². The van der Waals surface area contributed by atoms with E-state index in [0.29, 0.717) is 0 Å². The molecule has 0 atom stereocenters. The third-order valence-corrected chi connectivity index (χ3v) is 3.93. The Morgan fingerprint density at radius 2 is 0.773 bits per heavy atom. The number of rotatable bonds is 12. The second-order valence-electron chi connectivity index (χ2n) is 6.16. The molecule has 0 aromatic carbocycles. The molecule has 1 heterocycles. The Labute approximate surface area is 140 Å². The zero-order valence-electron chi connectivity index (χ0n) is 15.2. The van der Waals surface area contributed by atoms with Crippen LogP contribution in [-0.2, 0) is 0 Å². The molecule has 0 radical (unpaired) electrons. The zero-order valence-corrected chi connectivity index (χ0v) is 15.2. The van der Waals surface area contributed by atoms with Gasteiger partial charge in [-0.3, -0.25) is 0 Å². The van der Waals surface area contributed by atoms with Gasteiger partial charge in [-0.1, -0.05) is 109 Å². The predicted octanol–water partition coefficient (Wildman–Crippen LogP) is 7.27. The molecule has 0 aromatic heterocycles. The summed E-state index contributed by atoms with van der Waals surface area (Å²) < 4.78 is 0. The van der Waals surface area contributed by atoms with Crippen LogP contribution >= 0.6 is 0 Å². The van der Waals surface area contributed by atoms with Gasteiger partial charge in [0.1, 0.15) is 0 Å². The highest BCUT2D eigenvalue weighted by molar-refractivity contribution is 5.14. The molecule has 0 saturated carbocycles. The van der Waals surface area contributed by atoms with Gasteiger partial charge in [-0.15, -0.1) is 0 Å². The maximum atomic E-state index is 2.92. The minimum Gasteiger partial charge on any atom is -0.368 e. The summed E-state index contributed by atoms with van der Waals surface area (Å²) in [7, 11) is 0. The van der Waals surface area contributed by atoms with Crippen LogP contribution in [0, 0.1) is 0 Å². The lowest BCUT2D eigenvalue weighted by Gasteiger charge is -2.01. The van der Waals surface area contributed by atoms with Crippen LogP contribution in [-0.4, -0.2) is 0 Å². The Hall–Kier alpha value is -0.980. The van der Waals surface area contributed by atoms with Crippen LogP contribution in [0.25, 0.3) is 0 Å². The quantitative estimate of drug-likeness (QED) is 0.374. The van der Waals surface area contributed by atoms with E-state index in [4.69, 9.17) is 0 Å². The van der Waals surface area contributed by atoms with E-state index >= 15 is 0 Å². The molecule has 0 saturated heterocycles. The normalized spacial score (nSPS) is 12.5. The molecular weight excluding hydrogens is 266 g/mol. The first-order valence-corrected chi connectivity index (χ1v) is 9.66. The monoisotopic (exact) mass is 305 g/mol. The van der Waals surface area contributed by atoms with Crippen molar-refractivity contribution in [2.45, 2.75) is 97.3 Å². The van der Waals surface area contributed by atoms with E-state index in [-0.39, 0.29) is 0 Å². The first-order valence-electron chi connectivity index (χ1n) is 9.66. The summed E-state index contributed by atoms with van der Waals surface area (Å²) in [4.78, 5) is 0. The molecule has 0 fully saturated rings. The predicted molar refractivity (Wildman–Crippen MR) is 102 cm³/mol. The number of hydrogen-bond acceptors (Lipinski definition) is 1. The Bertz CT molecular complexity index is 250. The van der Waals surface area contributed by atoms with E-state index in [1.54, 1.807) is 0 Å². The lowest BCUT2D eigenvalue weighted by Crippen LogP contribution is -1.87. The van der Waals surface area contributed by atoms with E-state index in [1.165, 1.54) is 83.5 Å². The summed E-state index contributed by atoms with van der Waals surface area (Å²) >= 11 is 0. The molecule has 22 heavy (non-hydrogen) atoms. The number of hydrogen-bond donors (Lipinski definition) is 1. The number of unbranched alkanes of at least 4 members (excludes halogenated alkanes) is 12. The molecule has 0 spiro atoms. The van der Waals surface area contributed by atoms with Crippen molar-refractivity contribution in [1.82, 2.24) is 5.32 Å². The van der Waals surface area contributed by atoms with Crippen molar-refractivity contribution in [3.05, 3.63) is 36.7 Å². The third kappa shape index (κ3) is 19.0. The van der Waals surface area contributed by atoms with Gasteiger partial charge in [0.25, 0.3) is 0 Å². The van der Waals surface area contributed by atoms with Crippen molar-refractivity contribution < 1.29 is 0 Å². The molecule has 1 aliphatic heterocycles. The molecule has 0 aliphatic carbocycles. The van der Waals surface area contributed by atoms with Crippen LogP contribution < -0.4 is 5.32 Å². The van der Waals surface area contributed by atoms with Crippen molar-refractivity contribution in [3.63, 3.8) is 0 Å². The largest absolute Gasteiger partial charge is 0.368 e. The third-order valence-electron chi connectivity index (χ3n) is 3.93. The minimum atomic E-state index is 1.37. The first kappa shape index (κ1) is 21.0. The molecule has 1 rings (SSSR count). The fourth-order valence-electron chi connectivity index (χ4n) is 2.50. The van der Waals surface area contributed by atoms with E-state index in [1.807, 2.05) is 36.7 Å². The Morgan fingerprint density at radius 3 is 1.09 bits per heavy atom. The van der Waals surface area contributed by atoms with E-state index in [2.05, 4.69) is 19.2 Å². The second-order valence-corrected chi connectivity index (χ2v) is 6.16. The maximum Gasteiger partial charge on any atom is 0.000442 e. The summed E-state index contributed by atoms with van der Waals surface area (Å²) in [5, 5.41) is 2.92. The standard InChI is InChI=1S/C15H32.C6H7N/c1-3-5-7-9-11-13-15-14-12-10-8-6-4-2;1-2-4-6-7-5-3-1/h3-15H2,1-2H3;1-7H. The number of allylic oxidation sites excluding steroid dienone is 4. The molecule has 1 aliphatic rings. The molecular formula is C21H39N. The summed E-state index contributed by atoms with van der Waals surface area (Å²) in [5.41, 5.74) is 0. The lowest BCUT2D eigenvalue weighted by atomic mass is 10.1. The zero-order chi connectivity index (χ0) is 16.1. The van der Waals surface area contributed by atoms with Gasteiger partial charge in [0, 0.05) is 12.4 Å². The Morgan fingerprint density at radius 1 is 0.455 bits per heavy atom. The molecule has 0 unspecified atom stereocenters. The van der Waals surface area contributed by atoms with E-state index in [9.17, 15) is 0 Å².